The Morgan fingerprint density at radius 2 is 1.54 bits per heavy atom. The van der Waals surface area contributed by atoms with Crippen LogP contribution < -0.4 is 9.47 Å². The van der Waals surface area contributed by atoms with Gasteiger partial charge in [-0.05, 0) is 81.0 Å². The van der Waals surface area contributed by atoms with Gasteiger partial charge in [0.2, 0.25) is 0 Å². The molecule has 5 rings (SSSR count). The van der Waals surface area contributed by atoms with Crippen molar-refractivity contribution in [2.24, 2.45) is 11.3 Å². The summed E-state index contributed by atoms with van der Waals surface area (Å²) in [6, 6.07) is 7.34. The van der Waals surface area contributed by atoms with E-state index in [2.05, 4.69) is 0 Å². The Balaban J connectivity index is 1.45. The van der Waals surface area contributed by atoms with Crippen molar-refractivity contribution in [1.82, 2.24) is 0 Å². The van der Waals surface area contributed by atoms with Crippen LogP contribution in [0.5, 0.6) is 23.0 Å². The molecule has 1 saturated carbocycles. The minimum absolute atomic E-state index is 0.0300. The summed E-state index contributed by atoms with van der Waals surface area (Å²) in [6.07, 6.45) is 4.64. The van der Waals surface area contributed by atoms with Gasteiger partial charge in [0.05, 0.1) is 12.2 Å². The van der Waals surface area contributed by atoms with Gasteiger partial charge >= 0.3 is 0 Å². The number of aliphatic hydroxyl groups is 2. The molecule has 0 spiro atoms. The van der Waals surface area contributed by atoms with Crippen LogP contribution in [0.4, 0.5) is 0 Å². The Morgan fingerprint density at radius 1 is 0.886 bits per heavy atom. The summed E-state index contributed by atoms with van der Waals surface area (Å²) in [5.74, 6) is 1.42. The highest BCUT2D eigenvalue weighted by Gasteiger charge is 2.58. The Labute approximate surface area is 206 Å². The molecule has 6 heteroatoms. The smallest absolute Gasteiger partial charge is 0.164 e. The molecule has 188 valence electrons. The van der Waals surface area contributed by atoms with E-state index in [0.717, 1.165) is 35.1 Å². The Morgan fingerprint density at radius 3 is 2.26 bits per heavy atom. The zero-order valence-corrected chi connectivity index (χ0v) is 21.1. The zero-order chi connectivity index (χ0) is 25.3. The van der Waals surface area contributed by atoms with Crippen LogP contribution >= 0.6 is 0 Å². The van der Waals surface area contributed by atoms with Crippen molar-refractivity contribution in [2.45, 2.75) is 83.7 Å². The Kier molecular flexibility index (Phi) is 5.42. The first-order valence-corrected chi connectivity index (χ1v) is 12.4. The number of benzene rings is 2. The van der Waals surface area contributed by atoms with E-state index in [1.165, 1.54) is 0 Å². The van der Waals surface area contributed by atoms with Crippen LogP contribution in [0.2, 0.25) is 0 Å². The van der Waals surface area contributed by atoms with Crippen molar-refractivity contribution in [3.8, 4) is 23.0 Å². The average molecular weight is 481 g/mol. The molecule has 1 aliphatic carbocycles. The van der Waals surface area contributed by atoms with Gasteiger partial charge in [-0.15, -0.1) is 0 Å². The quantitative estimate of drug-likeness (QED) is 0.460. The van der Waals surface area contributed by atoms with Gasteiger partial charge in [-0.2, -0.15) is 0 Å². The molecule has 0 amide bonds. The minimum atomic E-state index is -0.875. The number of hydrogen-bond acceptors (Lipinski definition) is 6. The second-order valence-electron chi connectivity index (χ2n) is 11.9. The van der Waals surface area contributed by atoms with Gasteiger partial charge in [0, 0.05) is 23.3 Å². The third kappa shape index (κ3) is 4.07. The van der Waals surface area contributed by atoms with Crippen LogP contribution in [0.1, 0.15) is 69.7 Å². The van der Waals surface area contributed by atoms with Gasteiger partial charge in [-0.1, -0.05) is 26.0 Å². The van der Waals surface area contributed by atoms with Crippen LogP contribution in [-0.2, 0) is 12.8 Å². The fraction of sp³-hybridized carbons (Fsp3) is 0.517. The largest absolute Gasteiger partial charge is 0.508 e. The lowest BCUT2D eigenvalue weighted by molar-refractivity contribution is -0.187. The second kappa shape index (κ2) is 7.90. The number of hydrogen-bond donors (Lipinski definition) is 4. The van der Waals surface area contributed by atoms with Gasteiger partial charge < -0.3 is 29.9 Å². The molecule has 35 heavy (non-hydrogen) atoms. The first-order valence-electron chi connectivity index (χ1n) is 12.4. The van der Waals surface area contributed by atoms with Crippen molar-refractivity contribution < 1.29 is 29.9 Å². The Bertz CT molecular complexity index is 1200. The molecular formula is C29H36O6. The summed E-state index contributed by atoms with van der Waals surface area (Å²) in [6.45, 7) is 9.98. The molecule has 2 heterocycles. The second-order valence-corrected chi connectivity index (χ2v) is 11.9. The molecule has 0 radical (unpaired) electrons. The van der Waals surface area contributed by atoms with Gasteiger partial charge in [0.15, 0.2) is 11.5 Å². The molecule has 2 aliphatic heterocycles. The lowest BCUT2D eigenvalue weighted by Gasteiger charge is -2.56. The van der Waals surface area contributed by atoms with Crippen LogP contribution in [0.3, 0.4) is 0 Å². The highest BCUT2D eigenvalue weighted by Crippen LogP contribution is 2.54. The molecule has 1 unspecified atom stereocenters. The summed E-state index contributed by atoms with van der Waals surface area (Å²) in [7, 11) is 0. The highest BCUT2D eigenvalue weighted by molar-refractivity contribution is 5.73. The number of phenolic OH excluding ortho intramolecular Hbond substituents is 2. The molecule has 4 N–H and O–H groups in total. The number of aromatic hydroxyl groups is 2. The molecule has 0 bridgehead atoms. The molecule has 1 fully saturated rings. The molecule has 3 aliphatic rings. The fourth-order valence-electron chi connectivity index (χ4n) is 6.32. The van der Waals surface area contributed by atoms with Gasteiger partial charge in [0.25, 0.3) is 0 Å². The fourth-order valence-corrected chi connectivity index (χ4v) is 6.32. The number of aliphatic hydroxyl groups excluding tert-OH is 2. The van der Waals surface area contributed by atoms with E-state index in [-0.39, 0.29) is 23.0 Å². The van der Waals surface area contributed by atoms with E-state index in [9.17, 15) is 20.4 Å². The minimum Gasteiger partial charge on any atom is -0.508 e. The molecule has 2 aromatic rings. The van der Waals surface area contributed by atoms with Crippen molar-refractivity contribution >= 4 is 12.2 Å². The van der Waals surface area contributed by atoms with E-state index in [1.54, 1.807) is 12.1 Å². The average Bonchev–Trinajstić information content (AvgIpc) is 2.75. The third-order valence-electron chi connectivity index (χ3n) is 8.34. The van der Waals surface area contributed by atoms with E-state index in [1.807, 2.05) is 58.9 Å². The van der Waals surface area contributed by atoms with Gasteiger partial charge in [-0.3, -0.25) is 0 Å². The van der Waals surface area contributed by atoms with E-state index >= 15 is 0 Å². The van der Waals surface area contributed by atoms with Crippen LogP contribution in [0.25, 0.3) is 12.2 Å². The van der Waals surface area contributed by atoms with Crippen LogP contribution in [0, 0.1) is 11.3 Å². The first-order chi connectivity index (χ1) is 16.3. The van der Waals surface area contributed by atoms with E-state index in [0.29, 0.717) is 24.3 Å². The topological polar surface area (TPSA) is 99.4 Å². The standard InChI is InChI=1S/C29H36O6/c1-27(2)9-8-19-20(30)11-17(13-23(19)34-27)7-6-16-10-18-14-24-28(3,4)26(33)22(32)15-29(24,5)35-25(18)21(31)12-16/h6-7,10-13,22,24,26,30-33H,8-9,14-15H2,1-5H3/b7-6+/t22-,24?,26-,29-/m1/s1. The number of fused-ring (bicyclic) bond motifs is 3. The first kappa shape index (κ1) is 24.0. The number of rotatable bonds is 2. The highest BCUT2D eigenvalue weighted by atomic mass is 16.5. The normalized spacial score (nSPS) is 30.5. The summed E-state index contributed by atoms with van der Waals surface area (Å²) in [5.41, 5.74) is 1.83. The van der Waals surface area contributed by atoms with E-state index in [4.69, 9.17) is 9.47 Å². The number of ether oxygens (including phenoxy) is 2. The van der Waals surface area contributed by atoms with Crippen molar-refractivity contribution in [3.05, 3.63) is 46.5 Å². The van der Waals surface area contributed by atoms with Crippen molar-refractivity contribution in [2.75, 3.05) is 0 Å². The lowest BCUT2D eigenvalue weighted by Crippen LogP contribution is -2.63. The van der Waals surface area contributed by atoms with Crippen molar-refractivity contribution in [1.29, 1.82) is 0 Å². The SMILES string of the molecule is CC1(C)CCc2c(O)cc(/C=C/c3cc(O)c4c(c3)CC3C(C)(C)[C@H](O)[C@H](O)C[C@@]3(C)O4)cc2O1. The third-order valence-corrected chi connectivity index (χ3v) is 8.34. The molecule has 0 aromatic heterocycles. The summed E-state index contributed by atoms with van der Waals surface area (Å²) in [5, 5.41) is 42.5. The summed E-state index contributed by atoms with van der Waals surface area (Å²) in [4.78, 5) is 0. The number of phenols is 2. The van der Waals surface area contributed by atoms with Crippen LogP contribution in [-0.4, -0.2) is 43.8 Å². The molecule has 6 nitrogen and oxygen atoms in total. The molecule has 0 saturated heterocycles. The Hall–Kier alpha value is -2.70. The predicted octanol–water partition coefficient (Wildman–Crippen LogP) is 4.83. The lowest BCUT2D eigenvalue weighted by atomic mass is 9.57. The molecular weight excluding hydrogens is 444 g/mol. The maximum absolute atomic E-state index is 10.8. The molecule has 4 atom stereocenters. The molecule has 2 aromatic carbocycles. The maximum Gasteiger partial charge on any atom is 0.164 e. The summed E-state index contributed by atoms with van der Waals surface area (Å²) < 4.78 is 12.4. The van der Waals surface area contributed by atoms with Crippen LogP contribution in [0.15, 0.2) is 24.3 Å². The summed E-state index contributed by atoms with van der Waals surface area (Å²) >= 11 is 0. The van der Waals surface area contributed by atoms with Gasteiger partial charge in [-0.25, -0.2) is 0 Å². The monoisotopic (exact) mass is 480 g/mol. The zero-order valence-electron chi connectivity index (χ0n) is 21.1. The van der Waals surface area contributed by atoms with E-state index < -0.39 is 23.2 Å². The predicted molar refractivity (Wildman–Crippen MR) is 135 cm³/mol. The van der Waals surface area contributed by atoms with Crippen molar-refractivity contribution in [3.63, 3.8) is 0 Å². The van der Waals surface area contributed by atoms with Gasteiger partial charge in [0.1, 0.15) is 22.7 Å². The maximum atomic E-state index is 10.8.